The lowest BCUT2D eigenvalue weighted by atomic mass is 10.1. The number of imidazole rings is 1. The molecule has 1 aromatic heterocycles. The molecule has 0 spiro atoms. The topological polar surface area (TPSA) is 8.81 Å². The summed E-state index contributed by atoms with van der Waals surface area (Å²) in [5.74, 6) is 1.41. The van der Waals surface area contributed by atoms with Gasteiger partial charge in [0, 0.05) is 5.56 Å². The molecule has 2 aromatic carbocycles. The molecule has 3 aromatic rings. The second-order valence-corrected chi connectivity index (χ2v) is 5.26. The summed E-state index contributed by atoms with van der Waals surface area (Å²) in [7, 11) is 0. The minimum atomic E-state index is 0. The molecule has 21 heavy (non-hydrogen) atoms. The maximum Gasteiger partial charge on any atom is 0.262 e. The molecule has 0 radical (unpaired) electrons. The molecule has 0 aliphatic carbocycles. The molecule has 0 atom stereocenters. The highest BCUT2D eigenvalue weighted by Gasteiger charge is 2.29. The van der Waals surface area contributed by atoms with E-state index in [4.69, 9.17) is 0 Å². The number of aromatic nitrogens is 2. The van der Waals surface area contributed by atoms with Crippen molar-refractivity contribution in [3.63, 3.8) is 0 Å². The van der Waals surface area contributed by atoms with Crippen LogP contribution in [0.5, 0.6) is 0 Å². The van der Waals surface area contributed by atoms with Gasteiger partial charge in [0.1, 0.15) is 11.9 Å². The van der Waals surface area contributed by atoms with Gasteiger partial charge in [0.2, 0.25) is 0 Å². The summed E-state index contributed by atoms with van der Waals surface area (Å²) in [6.07, 6.45) is 4.70. The molecule has 3 heteroatoms. The van der Waals surface area contributed by atoms with Crippen molar-refractivity contribution in [2.24, 2.45) is 0 Å². The summed E-state index contributed by atoms with van der Waals surface area (Å²) in [6, 6.07) is 21.3. The molecule has 0 saturated carbocycles. The van der Waals surface area contributed by atoms with Gasteiger partial charge in [-0.2, -0.15) is 4.57 Å². The highest BCUT2D eigenvalue weighted by molar-refractivity contribution is 5.61. The number of hydrogen-bond acceptors (Lipinski definition) is 0. The Morgan fingerprint density at radius 3 is 2.24 bits per heavy atom. The largest absolute Gasteiger partial charge is 1.00 e. The molecule has 2 heterocycles. The Hall–Kier alpha value is -1.87. The van der Waals surface area contributed by atoms with Gasteiger partial charge in [-0.15, -0.1) is 0 Å². The van der Waals surface area contributed by atoms with Crippen LogP contribution in [0.3, 0.4) is 0 Å². The van der Waals surface area contributed by atoms with Gasteiger partial charge in [0.15, 0.2) is 5.69 Å². The predicted molar refractivity (Wildman–Crippen MR) is 79.7 cm³/mol. The van der Waals surface area contributed by atoms with E-state index in [1.165, 1.54) is 29.2 Å². The lowest BCUT2D eigenvalue weighted by molar-refractivity contribution is -0.689. The summed E-state index contributed by atoms with van der Waals surface area (Å²) in [4.78, 5) is 0. The standard InChI is InChI=1S/C18H17N2.BrH/c1-3-8-15(9-4-1)17-14-19-13-7-12-18(19)20(17)16-10-5-2-6-11-16;/h1-6,8-11,14H,7,12-13H2;1H/q+1;/p-1. The van der Waals surface area contributed by atoms with Crippen LogP contribution in [-0.4, -0.2) is 4.57 Å². The van der Waals surface area contributed by atoms with Crippen molar-refractivity contribution in [3.05, 3.63) is 72.7 Å². The average Bonchev–Trinajstić information content (AvgIpc) is 3.09. The van der Waals surface area contributed by atoms with Crippen molar-refractivity contribution in [2.75, 3.05) is 0 Å². The van der Waals surface area contributed by atoms with Crippen molar-refractivity contribution in [1.82, 2.24) is 4.57 Å². The molecule has 0 fully saturated rings. The molecule has 0 bridgehead atoms. The van der Waals surface area contributed by atoms with Crippen molar-refractivity contribution in [1.29, 1.82) is 0 Å². The smallest absolute Gasteiger partial charge is 0.262 e. The Bertz CT molecular complexity index is 733. The van der Waals surface area contributed by atoms with Crippen molar-refractivity contribution in [2.45, 2.75) is 19.4 Å². The lowest BCUT2D eigenvalue weighted by Gasteiger charge is -2.03. The number of fused-ring (bicyclic) bond motifs is 1. The lowest BCUT2D eigenvalue weighted by Crippen LogP contribution is -3.00. The van der Waals surface area contributed by atoms with Crippen molar-refractivity contribution >= 4 is 0 Å². The van der Waals surface area contributed by atoms with Crippen LogP contribution in [0.1, 0.15) is 12.2 Å². The Kier molecular flexibility index (Phi) is 3.93. The zero-order chi connectivity index (χ0) is 13.4. The molecular formula is C18H17BrN2. The third-order valence-electron chi connectivity index (χ3n) is 3.99. The summed E-state index contributed by atoms with van der Waals surface area (Å²) < 4.78 is 4.80. The normalized spacial score (nSPS) is 12.8. The first kappa shape index (κ1) is 14.1. The fourth-order valence-corrected chi connectivity index (χ4v) is 3.08. The van der Waals surface area contributed by atoms with Gasteiger partial charge in [-0.05, 0) is 18.6 Å². The van der Waals surface area contributed by atoms with E-state index in [0.29, 0.717) is 0 Å². The van der Waals surface area contributed by atoms with Crippen LogP contribution < -0.4 is 21.5 Å². The summed E-state index contributed by atoms with van der Waals surface area (Å²) in [6.45, 7) is 1.13. The zero-order valence-electron chi connectivity index (χ0n) is 11.7. The van der Waals surface area contributed by atoms with E-state index in [0.717, 1.165) is 13.0 Å². The average molecular weight is 341 g/mol. The van der Waals surface area contributed by atoms with Crippen molar-refractivity contribution < 1.29 is 21.5 Å². The fourth-order valence-electron chi connectivity index (χ4n) is 3.08. The molecule has 2 nitrogen and oxygen atoms in total. The Morgan fingerprint density at radius 1 is 0.857 bits per heavy atom. The maximum atomic E-state index is 2.41. The van der Waals surface area contributed by atoms with Gasteiger partial charge in [-0.3, -0.25) is 0 Å². The monoisotopic (exact) mass is 340 g/mol. The Morgan fingerprint density at radius 2 is 1.52 bits per heavy atom. The van der Waals surface area contributed by atoms with Gasteiger partial charge in [-0.25, -0.2) is 4.57 Å². The van der Waals surface area contributed by atoms with E-state index in [9.17, 15) is 0 Å². The quantitative estimate of drug-likeness (QED) is 0.596. The molecule has 1 aliphatic rings. The molecule has 0 unspecified atom stereocenters. The SMILES string of the molecule is [Br-].c1ccc(-c2c[n+]3c(n2-c2ccccc2)CCC3)cc1. The predicted octanol–water partition coefficient (Wildman–Crippen LogP) is 0.382. The van der Waals surface area contributed by atoms with E-state index >= 15 is 0 Å². The third-order valence-corrected chi connectivity index (χ3v) is 3.99. The van der Waals surface area contributed by atoms with E-state index in [1.54, 1.807) is 0 Å². The summed E-state index contributed by atoms with van der Waals surface area (Å²) in [5, 5.41) is 0. The maximum absolute atomic E-state index is 2.41. The zero-order valence-corrected chi connectivity index (χ0v) is 13.3. The number of hydrogen-bond donors (Lipinski definition) is 0. The number of nitrogens with zero attached hydrogens (tertiary/aromatic N) is 2. The highest BCUT2D eigenvalue weighted by Crippen LogP contribution is 2.26. The minimum Gasteiger partial charge on any atom is -1.00 e. The second kappa shape index (κ2) is 5.86. The van der Waals surface area contributed by atoms with Crippen LogP contribution in [-0.2, 0) is 13.0 Å². The van der Waals surface area contributed by atoms with Gasteiger partial charge in [0.25, 0.3) is 5.82 Å². The van der Waals surface area contributed by atoms with Gasteiger partial charge >= 0.3 is 0 Å². The molecule has 0 N–H and O–H groups in total. The van der Waals surface area contributed by atoms with E-state index in [-0.39, 0.29) is 17.0 Å². The number of para-hydroxylation sites is 1. The van der Waals surface area contributed by atoms with E-state index in [2.05, 4.69) is 76.0 Å². The molecule has 106 valence electrons. The second-order valence-electron chi connectivity index (χ2n) is 5.26. The first-order valence-corrected chi connectivity index (χ1v) is 7.18. The number of benzene rings is 2. The summed E-state index contributed by atoms with van der Waals surface area (Å²) in [5.41, 5.74) is 3.81. The van der Waals surface area contributed by atoms with Gasteiger partial charge < -0.3 is 17.0 Å². The first-order chi connectivity index (χ1) is 9.93. The van der Waals surface area contributed by atoms with Gasteiger partial charge in [0.05, 0.1) is 13.0 Å². The fraction of sp³-hybridized carbons (Fsp3) is 0.167. The summed E-state index contributed by atoms with van der Waals surface area (Å²) >= 11 is 0. The molecule has 1 aliphatic heterocycles. The molecule has 4 rings (SSSR count). The first-order valence-electron chi connectivity index (χ1n) is 7.18. The number of halogens is 1. The van der Waals surface area contributed by atoms with E-state index in [1.807, 2.05) is 0 Å². The van der Waals surface area contributed by atoms with Crippen LogP contribution >= 0.6 is 0 Å². The molecule has 0 saturated heterocycles. The molecular weight excluding hydrogens is 324 g/mol. The highest BCUT2D eigenvalue weighted by atomic mass is 79.9. The van der Waals surface area contributed by atoms with Gasteiger partial charge in [-0.1, -0.05) is 48.5 Å². The van der Waals surface area contributed by atoms with Crippen LogP contribution in [0.2, 0.25) is 0 Å². The number of aryl methyl sites for hydroxylation is 1. The number of rotatable bonds is 2. The van der Waals surface area contributed by atoms with Crippen LogP contribution in [0.25, 0.3) is 16.9 Å². The van der Waals surface area contributed by atoms with Crippen LogP contribution in [0, 0.1) is 0 Å². The minimum absolute atomic E-state index is 0. The van der Waals surface area contributed by atoms with E-state index < -0.39 is 0 Å². The van der Waals surface area contributed by atoms with Crippen molar-refractivity contribution in [3.8, 4) is 16.9 Å². The molecule has 0 amide bonds. The Balaban J connectivity index is 0.00000132. The third kappa shape index (κ3) is 2.42. The van der Waals surface area contributed by atoms with Crippen LogP contribution in [0.15, 0.2) is 66.9 Å². The van der Waals surface area contributed by atoms with Crippen LogP contribution in [0.4, 0.5) is 0 Å². The Labute approximate surface area is 135 Å².